The molecule has 0 amide bonds. The molecule has 0 spiro atoms. The average Bonchev–Trinajstić information content (AvgIpc) is 3.85. The maximum Gasteiger partial charge on any atom is -0.0271 e. The number of methoxy groups -OCH3 is 1. The van der Waals surface area contributed by atoms with Crippen LogP contribution in [0.3, 0.4) is 0 Å². The first kappa shape index (κ1) is 46.5. The molecular formula is C54H62Cl2OSi2Zr-2. The fourth-order valence-electron chi connectivity index (χ4n) is 9.44. The number of fused-ring (bicyclic) bond motifs is 3. The molecule has 0 aromatic heterocycles. The second-order valence-electron chi connectivity index (χ2n) is 18.6. The van der Waals surface area contributed by atoms with Gasteiger partial charge in [0.25, 0.3) is 0 Å². The summed E-state index contributed by atoms with van der Waals surface area (Å²) >= 11 is -1.67. The number of rotatable bonds is 5. The van der Waals surface area contributed by atoms with E-state index in [-0.39, 0.29) is 13.7 Å². The molecule has 0 bridgehead atoms. The first-order valence-electron chi connectivity index (χ1n) is 21.3. The number of ether oxygens (including phenoxy) is 1. The van der Waals surface area contributed by atoms with Gasteiger partial charge in [-0.2, -0.15) is 12.1 Å². The van der Waals surface area contributed by atoms with E-state index in [9.17, 15) is 0 Å². The molecule has 8 rings (SSSR count). The Labute approximate surface area is 378 Å². The molecule has 1 nitrogen and oxygen atoms in total. The molecule has 1 aliphatic rings. The van der Waals surface area contributed by atoms with Crippen LogP contribution in [-0.2, 0) is 36.2 Å². The maximum absolute atomic E-state index is 5.95. The third kappa shape index (κ3) is 10.6. The molecule has 0 heterocycles. The van der Waals surface area contributed by atoms with E-state index in [0.29, 0.717) is 0 Å². The van der Waals surface area contributed by atoms with Gasteiger partial charge in [-0.05, 0) is 88.5 Å². The normalized spacial score (nSPS) is 12.3. The molecule has 2 radical (unpaired) electrons. The van der Waals surface area contributed by atoms with Crippen molar-refractivity contribution in [3.63, 3.8) is 0 Å². The summed E-state index contributed by atoms with van der Waals surface area (Å²) < 4.78 is 5.95. The Morgan fingerprint density at radius 2 is 1.02 bits per heavy atom. The van der Waals surface area contributed by atoms with Crippen LogP contribution in [0, 0.1) is 55.4 Å². The van der Waals surface area contributed by atoms with Crippen LogP contribution in [0.4, 0.5) is 0 Å². The molecule has 312 valence electrons. The molecule has 0 saturated carbocycles. The van der Waals surface area contributed by atoms with Gasteiger partial charge in [-0.1, -0.05) is 150 Å². The van der Waals surface area contributed by atoms with Crippen LogP contribution in [0.25, 0.3) is 54.9 Å². The molecule has 0 fully saturated rings. The minimum atomic E-state index is -1.67. The summed E-state index contributed by atoms with van der Waals surface area (Å²) in [6, 6.07) is 32.5. The van der Waals surface area contributed by atoms with Gasteiger partial charge in [0.2, 0.25) is 0 Å². The minimum Gasteiger partial charge on any atom is -0.165 e. The Morgan fingerprint density at radius 3 is 1.45 bits per heavy atom. The molecular weight excluding hydrogens is 883 g/mol. The van der Waals surface area contributed by atoms with Crippen molar-refractivity contribution in [2.24, 2.45) is 0 Å². The zero-order valence-corrected chi connectivity index (χ0v) is 44.3. The van der Waals surface area contributed by atoms with Crippen molar-refractivity contribution in [2.75, 3.05) is 7.11 Å². The summed E-state index contributed by atoms with van der Waals surface area (Å²) in [6.07, 6.45) is 3.64. The van der Waals surface area contributed by atoms with Gasteiger partial charge >= 0.3 is 62.1 Å². The Kier molecular flexibility index (Phi) is 14.9. The quantitative estimate of drug-likeness (QED) is 0.123. The molecule has 60 heavy (non-hydrogen) atoms. The largest absolute Gasteiger partial charge is 0.165 e. The van der Waals surface area contributed by atoms with Gasteiger partial charge in [-0.15, -0.1) is 50.9 Å². The van der Waals surface area contributed by atoms with Gasteiger partial charge in [0, 0.05) is 0 Å². The molecule has 0 unspecified atom stereocenters. The van der Waals surface area contributed by atoms with E-state index < -0.39 is 18.0 Å². The summed E-state index contributed by atoms with van der Waals surface area (Å²) in [6.45, 7) is 28.8. The third-order valence-corrected chi connectivity index (χ3v) is 39.4. The summed E-state index contributed by atoms with van der Waals surface area (Å²) in [5.41, 5.74) is 24.3. The molecule has 7 aromatic carbocycles. The predicted octanol–water partition coefficient (Wildman–Crippen LogP) is 16.2. The van der Waals surface area contributed by atoms with Gasteiger partial charge in [0.05, 0.1) is 7.11 Å². The van der Waals surface area contributed by atoms with E-state index in [2.05, 4.69) is 174 Å². The number of hydrogen-bond donors (Lipinski definition) is 0. The van der Waals surface area contributed by atoms with E-state index in [1.54, 1.807) is 18.2 Å². The summed E-state index contributed by atoms with van der Waals surface area (Å²) in [5.74, 6) is 1.01. The van der Waals surface area contributed by atoms with Crippen LogP contribution in [-0.4, -0.2) is 21.1 Å². The predicted molar refractivity (Wildman–Crippen MR) is 266 cm³/mol. The number of hydrogen-bond acceptors (Lipinski definition) is 1. The van der Waals surface area contributed by atoms with E-state index in [0.717, 1.165) is 11.4 Å². The van der Waals surface area contributed by atoms with Crippen molar-refractivity contribution in [3.8, 4) is 39.1 Å². The monoisotopic (exact) mass is 942 g/mol. The Morgan fingerprint density at radius 1 is 0.583 bits per heavy atom. The van der Waals surface area contributed by atoms with E-state index in [1.807, 2.05) is 0 Å². The maximum atomic E-state index is 5.95. The van der Waals surface area contributed by atoms with Crippen LogP contribution < -0.4 is 4.74 Å². The van der Waals surface area contributed by atoms with E-state index in [1.165, 1.54) is 124 Å². The number of aryl methyl sites for hydroxylation is 8. The smallest absolute Gasteiger partial charge is 0.0271 e. The van der Waals surface area contributed by atoms with Crippen LogP contribution in [0.2, 0.25) is 13.1 Å². The molecule has 0 N–H and O–H groups in total. The first-order chi connectivity index (χ1) is 28.2. The van der Waals surface area contributed by atoms with E-state index in [4.69, 9.17) is 21.8 Å². The van der Waals surface area contributed by atoms with Gasteiger partial charge in [-0.3, -0.25) is 0 Å². The fraction of sp³-hybridized carbons (Fsp3) is 0.333. The Hall–Kier alpha value is -2.98. The van der Waals surface area contributed by atoms with E-state index >= 15 is 0 Å². The second kappa shape index (κ2) is 19.2. The average molecular weight is 945 g/mol. The van der Waals surface area contributed by atoms with Gasteiger partial charge in [0.15, 0.2) is 0 Å². The topological polar surface area (TPSA) is 9.23 Å². The molecule has 0 atom stereocenters. The number of halogens is 2. The first-order valence-corrected chi connectivity index (χ1v) is 35.8. The van der Waals surface area contributed by atoms with Crippen molar-refractivity contribution < 1.29 is 22.7 Å². The summed E-state index contributed by atoms with van der Waals surface area (Å²) in [4.78, 5) is 0. The number of benzene rings is 5. The van der Waals surface area contributed by atoms with Crippen molar-refractivity contribution in [2.45, 2.75) is 114 Å². The minimum absolute atomic E-state index is 0.0261. The Bertz CT molecular complexity index is 2580. The zero-order chi connectivity index (χ0) is 43.8. The SMILES string of the molecule is COc1c(C(C)(C)C)cc2[cH-]c(C)cc2c1-c1cc(C)cc(C)c1.C[Si](C)[Si]=[Zr]([Cl])[Cl].Cc1cc(C)cc(-c2c3c(c(-c4cc(C)cc(C)c4)c4[cH-]c(C)cc24)CCC3)c1. The second-order valence-corrected chi connectivity index (χ2v) is 43.7. The van der Waals surface area contributed by atoms with Crippen LogP contribution in [0.15, 0.2) is 84.9 Å². The van der Waals surface area contributed by atoms with Crippen LogP contribution >= 0.6 is 17.0 Å². The van der Waals surface area contributed by atoms with Crippen LogP contribution in [0.5, 0.6) is 5.75 Å². The van der Waals surface area contributed by atoms with Crippen molar-refractivity contribution in [1.82, 2.24) is 0 Å². The zero-order valence-electron chi connectivity index (χ0n) is 38.4. The van der Waals surface area contributed by atoms with Gasteiger partial charge in [0.1, 0.15) is 5.75 Å². The summed E-state index contributed by atoms with van der Waals surface area (Å²) in [7, 11) is 13.1. The van der Waals surface area contributed by atoms with Crippen molar-refractivity contribution in [3.05, 3.63) is 146 Å². The van der Waals surface area contributed by atoms with Crippen LogP contribution in [0.1, 0.15) is 88.4 Å². The fourth-order valence-corrected chi connectivity index (χ4v) is 39.4. The standard InChI is InChI=1S/C29H29.C23H27O.C2H6Si2.2ClH.Zr/c1-17-9-18(2)12-22(11-17)28-24-7-6-8-25(24)29(27-16-21(5)15-26(27)28)23-13-19(3)10-20(4)14-23;1-14-8-15(2)11-18(10-14)21-19-12-16(3)9-17(19)13-20(22(21)24-7)23(4,5)6;1-4(2)3;;;/h9-16H,6-8H2,1-5H3;8-13H,1-7H3;1-2H3;2*1H;/q2*-1;;;;+2/p-2. The molecule has 0 aliphatic heterocycles. The summed E-state index contributed by atoms with van der Waals surface area (Å²) in [5, 5.41) is 5.44. The third-order valence-electron chi connectivity index (χ3n) is 11.4. The van der Waals surface area contributed by atoms with Gasteiger partial charge < -0.3 is 4.74 Å². The molecule has 7 aromatic rings. The molecule has 0 saturated heterocycles. The molecule has 6 heteroatoms. The Balaban J connectivity index is 0.000000176. The van der Waals surface area contributed by atoms with Crippen molar-refractivity contribution >= 4 is 52.6 Å². The van der Waals surface area contributed by atoms with Gasteiger partial charge in [-0.25, -0.2) is 0 Å². The van der Waals surface area contributed by atoms with Crippen molar-refractivity contribution in [1.29, 1.82) is 0 Å². The molecule has 1 aliphatic carbocycles.